The number of nitrogens with zero attached hydrogens (tertiary/aromatic N) is 2. The minimum absolute atomic E-state index is 0.152. The molecule has 2 heterocycles. The second-order valence-corrected chi connectivity index (χ2v) is 8.20. The second-order valence-electron chi connectivity index (χ2n) is 8.20. The predicted molar refractivity (Wildman–Crippen MR) is 94.2 cm³/mol. The van der Waals surface area contributed by atoms with Gasteiger partial charge in [-0.2, -0.15) is 0 Å². The first-order valence-corrected chi connectivity index (χ1v) is 9.91. The summed E-state index contributed by atoms with van der Waals surface area (Å²) in [5.41, 5.74) is 1.60. The summed E-state index contributed by atoms with van der Waals surface area (Å²) in [6, 6.07) is 1.82. The molecule has 0 aromatic carbocycles. The van der Waals surface area contributed by atoms with Crippen LogP contribution in [0.15, 0.2) is 17.2 Å². The van der Waals surface area contributed by atoms with Crippen molar-refractivity contribution in [3.05, 3.63) is 28.4 Å². The van der Waals surface area contributed by atoms with Crippen LogP contribution in [0.5, 0.6) is 0 Å². The van der Waals surface area contributed by atoms with Crippen molar-refractivity contribution in [1.29, 1.82) is 0 Å². The molecular weight excluding hydrogens is 300 g/mol. The number of ether oxygens (including phenoxy) is 1. The van der Waals surface area contributed by atoms with Crippen LogP contribution < -0.4 is 5.56 Å². The number of rotatable bonds is 3. The molecule has 4 nitrogen and oxygen atoms in total. The Balaban J connectivity index is 1.49. The lowest BCUT2D eigenvalue weighted by Gasteiger charge is -2.39. The number of hydrogen-bond acceptors (Lipinski definition) is 3. The van der Waals surface area contributed by atoms with Gasteiger partial charge in [0, 0.05) is 31.7 Å². The van der Waals surface area contributed by atoms with E-state index >= 15 is 0 Å². The zero-order chi connectivity index (χ0) is 16.4. The molecule has 24 heavy (non-hydrogen) atoms. The van der Waals surface area contributed by atoms with E-state index in [-0.39, 0.29) is 5.56 Å². The topological polar surface area (TPSA) is 44.1 Å². The van der Waals surface area contributed by atoms with Crippen molar-refractivity contribution >= 4 is 0 Å². The standard InChI is InChI=1S/C20H30N2O2/c23-19-13-18(16-5-2-1-3-6-16)21-15-22(19)14-17-7-4-8-20(17)9-11-24-12-10-20/h13,15-17H,1-12,14H2. The summed E-state index contributed by atoms with van der Waals surface area (Å²) in [6.45, 7) is 2.63. The van der Waals surface area contributed by atoms with Crippen LogP contribution in [0.2, 0.25) is 0 Å². The SMILES string of the molecule is O=c1cc(C2CCCCC2)ncn1CC1CCCC12CCOCC2. The Labute approximate surface area is 144 Å². The van der Waals surface area contributed by atoms with Gasteiger partial charge in [-0.25, -0.2) is 4.98 Å². The molecule has 4 rings (SSSR count). The maximum Gasteiger partial charge on any atom is 0.253 e. The Morgan fingerprint density at radius 2 is 1.88 bits per heavy atom. The summed E-state index contributed by atoms with van der Waals surface area (Å²) >= 11 is 0. The first kappa shape index (κ1) is 16.3. The second kappa shape index (κ2) is 6.99. The Morgan fingerprint density at radius 3 is 2.62 bits per heavy atom. The van der Waals surface area contributed by atoms with E-state index in [0.29, 0.717) is 17.3 Å². The number of hydrogen-bond donors (Lipinski definition) is 0. The van der Waals surface area contributed by atoms with Gasteiger partial charge in [0.1, 0.15) is 0 Å². The summed E-state index contributed by atoms with van der Waals surface area (Å²) in [4.78, 5) is 17.3. The largest absolute Gasteiger partial charge is 0.381 e. The normalized spacial score (nSPS) is 27.6. The maximum atomic E-state index is 12.6. The molecule has 4 heteroatoms. The number of aromatic nitrogens is 2. The van der Waals surface area contributed by atoms with E-state index < -0.39 is 0 Å². The summed E-state index contributed by atoms with van der Waals surface area (Å²) < 4.78 is 7.45. The lowest BCUT2D eigenvalue weighted by atomic mass is 9.72. The van der Waals surface area contributed by atoms with E-state index in [1.54, 1.807) is 0 Å². The Hall–Kier alpha value is -1.16. The van der Waals surface area contributed by atoms with Crippen molar-refractivity contribution in [2.75, 3.05) is 13.2 Å². The third-order valence-corrected chi connectivity index (χ3v) is 6.92. The van der Waals surface area contributed by atoms with Gasteiger partial charge in [-0.1, -0.05) is 25.7 Å². The van der Waals surface area contributed by atoms with Gasteiger partial charge in [0.25, 0.3) is 5.56 Å². The molecule has 0 N–H and O–H groups in total. The molecule has 1 aromatic rings. The third-order valence-electron chi connectivity index (χ3n) is 6.92. The summed E-state index contributed by atoms with van der Waals surface area (Å²) in [7, 11) is 0. The van der Waals surface area contributed by atoms with Crippen LogP contribution in [0.1, 0.15) is 75.8 Å². The van der Waals surface area contributed by atoms with Gasteiger partial charge < -0.3 is 4.74 Å². The van der Waals surface area contributed by atoms with Crippen LogP contribution >= 0.6 is 0 Å². The van der Waals surface area contributed by atoms with Gasteiger partial charge in [0.05, 0.1) is 12.0 Å². The van der Waals surface area contributed by atoms with Gasteiger partial charge in [-0.3, -0.25) is 9.36 Å². The molecule has 1 atom stereocenters. The fraction of sp³-hybridized carbons (Fsp3) is 0.800. The van der Waals surface area contributed by atoms with Gasteiger partial charge in [0.15, 0.2) is 0 Å². The molecule has 2 aliphatic carbocycles. The molecule has 1 aliphatic heterocycles. The van der Waals surface area contributed by atoms with Crippen molar-refractivity contribution in [3.8, 4) is 0 Å². The fourth-order valence-electron chi connectivity index (χ4n) is 5.37. The Kier molecular flexibility index (Phi) is 4.75. The Morgan fingerprint density at radius 1 is 1.08 bits per heavy atom. The zero-order valence-electron chi connectivity index (χ0n) is 14.7. The average molecular weight is 330 g/mol. The van der Waals surface area contributed by atoms with E-state index in [4.69, 9.17) is 4.74 Å². The summed E-state index contributed by atoms with van der Waals surface area (Å²) in [6.07, 6.45) is 14.3. The Bertz CT molecular complexity index is 612. The summed E-state index contributed by atoms with van der Waals surface area (Å²) in [5, 5.41) is 0. The maximum absolute atomic E-state index is 12.6. The molecule has 0 amide bonds. The van der Waals surface area contributed by atoms with E-state index in [0.717, 1.165) is 25.5 Å². The van der Waals surface area contributed by atoms with E-state index in [1.807, 2.05) is 17.0 Å². The van der Waals surface area contributed by atoms with Crippen LogP contribution in [-0.4, -0.2) is 22.8 Å². The van der Waals surface area contributed by atoms with Crippen molar-refractivity contribution in [2.24, 2.45) is 11.3 Å². The van der Waals surface area contributed by atoms with Crippen LogP contribution in [0.25, 0.3) is 0 Å². The van der Waals surface area contributed by atoms with E-state index in [1.165, 1.54) is 64.2 Å². The van der Waals surface area contributed by atoms with Crippen LogP contribution in [0.3, 0.4) is 0 Å². The van der Waals surface area contributed by atoms with Gasteiger partial charge in [-0.05, 0) is 49.9 Å². The highest BCUT2D eigenvalue weighted by Crippen LogP contribution is 2.50. The highest BCUT2D eigenvalue weighted by Gasteiger charge is 2.43. The highest BCUT2D eigenvalue weighted by atomic mass is 16.5. The monoisotopic (exact) mass is 330 g/mol. The minimum Gasteiger partial charge on any atom is -0.381 e. The molecule has 2 saturated carbocycles. The average Bonchev–Trinajstić information content (AvgIpc) is 3.00. The smallest absolute Gasteiger partial charge is 0.253 e. The van der Waals surface area contributed by atoms with Crippen molar-refractivity contribution in [3.63, 3.8) is 0 Å². The third kappa shape index (κ3) is 3.17. The zero-order valence-corrected chi connectivity index (χ0v) is 14.7. The highest BCUT2D eigenvalue weighted by molar-refractivity contribution is 5.08. The minimum atomic E-state index is 0.152. The molecule has 1 aromatic heterocycles. The predicted octanol–water partition coefficient (Wildman–Crippen LogP) is 3.89. The van der Waals surface area contributed by atoms with Crippen LogP contribution in [0.4, 0.5) is 0 Å². The van der Waals surface area contributed by atoms with Crippen molar-refractivity contribution in [2.45, 2.75) is 76.7 Å². The molecule has 1 spiro atoms. The molecule has 3 aliphatic rings. The van der Waals surface area contributed by atoms with Crippen molar-refractivity contribution in [1.82, 2.24) is 9.55 Å². The lowest BCUT2D eigenvalue weighted by Crippen LogP contribution is -2.37. The van der Waals surface area contributed by atoms with Gasteiger partial charge in [0.2, 0.25) is 0 Å². The molecule has 3 fully saturated rings. The van der Waals surface area contributed by atoms with Gasteiger partial charge >= 0.3 is 0 Å². The lowest BCUT2D eigenvalue weighted by molar-refractivity contribution is -0.00984. The molecule has 0 bridgehead atoms. The van der Waals surface area contributed by atoms with Crippen LogP contribution in [-0.2, 0) is 11.3 Å². The van der Waals surface area contributed by atoms with Crippen molar-refractivity contribution < 1.29 is 4.74 Å². The van der Waals surface area contributed by atoms with Crippen LogP contribution in [0, 0.1) is 11.3 Å². The molecule has 132 valence electrons. The molecule has 0 radical (unpaired) electrons. The van der Waals surface area contributed by atoms with E-state index in [9.17, 15) is 4.79 Å². The fourth-order valence-corrected chi connectivity index (χ4v) is 5.37. The molecular formula is C20H30N2O2. The summed E-state index contributed by atoms with van der Waals surface area (Å²) in [5.74, 6) is 1.12. The quantitative estimate of drug-likeness (QED) is 0.844. The first-order chi connectivity index (χ1) is 11.8. The molecule has 1 unspecified atom stereocenters. The van der Waals surface area contributed by atoms with Gasteiger partial charge in [-0.15, -0.1) is 0 Å². The van der Waals surface area contributed by atoms with E-state index in [2.05, 4.69) is 4.98 Å². The first-order valence-electron chi connectivity index (χ1n) is 9.91. The molecule has 1 saturated heterocycles.